The highest BCUT2D eigenvalue weighted by Crippen LogP contribution is 2.33. The van der Waals surface area contributed by atoms with Crippen LogP contribution in [-0.4, -0.2) is 16.0 Å². The van der Waals surface area contributed by atoms with Crippen LogP contribution in [0.5, 0.6) is 0 Å². The minimum absolute atomic E-state index is 0.289. The van der Waals surface area contributed by atoms with E-state index in [0.717, 1.165) is 19.6 Å². The third kappa shape index (κ3) is 2.80. The fourth-order valence-electron chi connectivity index (χ4n) is 3.74. The second-order valence-corrected chi connectivity index (χ2v) is 6.83. The molecule has 0 spiro atoms. The number of furan rings is 1. The number of aryl methyl sites for hydroxylation is 3. The average molecular weight is 320 g/mol. The first kappa shape index (κ1) is 15.3. The molecule has 1 aromatic carbocycles. The van der Waals surface area contributed by atoms with E-state index in [1.807, 2.05) is 6.26 Å². The molecule has 0 aliphatic carbocycles. The van der Waals surface area contributed by atoms with Crippen LogP contribution in [0.1, 0.15) is 40.4 Å². The lowest BCUT2D eigenvalue weighted by molar-refractivity contribution is 0.219. The Bertz CT molecular complexity index is 816. The number of hydrogen-bond acceptors (Lipinski definition) is 2. The zero-order valence-corrected chi connectivity index (χ0v) is 14.4. The minimum Gasteiger partial charge on any atom is -0.472 e. The lowest BCUT2D eigenvalue weighted by Gasteiger charge is -2.30. The Morgan fingerprint density at radius 1 is 1.08 bits per heavy atom. The Labute approximate surface area is 143 Å². The van der Waals surface area contributed by atoms with Crippen LogP contribution < -0.4 is 0 Å². The highest BCUT2D eigenvalue weighted by atomic mass is 16.3. The van der Waals surface area contributed by atoms with E-state index in [1.54, 1.807) is 6.26 Å². The molecule has 3 heterocycles. The molecule has 0 bridgehead atoms. The molecule has 0 N–H and O–H groups in total. The summed E-state index contributed by atoms with van der Waals surface area (Å²) in [6, 6.07) is 13.7. The molecule has 3 nitrogen and oxygen atoms in total. The van der Waals surface area contributed by atoms with Crippen molar-refractivity contribution >= 4 is 0 Å². The van der Waals surface area contributed by atoms with E-state index in [4.69, 9.17) is 4.42 Å². The van der Waals surface area contributed by atoms with Gasteiger partial charge in [-0.2, -0.15) is 0 Å². The van der Waals surface area contributed by atoms with Crippen molar-refractivity contribution in [3.63, 3.8) is 0 Å². The van der Waals surface area contributed by atoms with Gasteiger partial charge in [0.15, 0.2) is 0 Å². The van der Waals surface area contributed by atoms with Crippen molar-refractivity contribution in [1.82, 2.24) is 9.47 Å². The quantitative estimate of drug-likeness (QED) is 0.698. The van der Waals surface area contributed by atoms with E-state index >= 15 is 0 Å². The molecular weight excluding hydrogens is 296 g/mol. The summed E-state index contributed by atoms with van der Waals surface area (Å²) in [5, 5.41) is 0. The summed E-state index contributed by atoms with van der Waals surface area (Å²) in [6.07, 6.45) is 7.01. The van der Waals surface area contributed by atoms with Crippen LogP contribution in [0.25, 0.3) is 0 Å². The molecule has 1 unspecified atom stereocenters. The van der Waals surface area contributed by atoms with Crippen LogP contribution in [0.3, 0.4) is 0 Å². The lowest BCUT2D eigenvalue weighted by Crippen LogP contribution is -2.29. The van der Waals surface area contributed by atoms with Crippen LogP contribution in [0.4, 0.5) is 0 Å². The minimum atomic E-state index is 0.289. The van der Waals surface area contributed by atoms with Gasteiger partial charge in [-0.3, -0.25) is 4.90 Å². The van der Waals surface area contributed by atoms with Crippen LogP contribution in [-0.2, 0) is 13.1 Å². The standard InChI is InChI=1S/C21H24N2O/c1-16-6-7-19(13-17(16)2)21-20-5-3-9-22(20)10-4-11-23(21)14-18-8-12-24-15-18/h3,5-9,12-13,15,21H,4,10-11,14H2,1-2H3. The fourth-order valence-corrected chi connectivity index (χ4v) is 3.74. The number of hydrogen-bond donors (Lipinski definition) is 0. The second kappa shape index (κ2) is 6.33. The van der Waals surface area contributed by atoms with Crippen molar-refractivity contribution in [2.75, 3.05) is 6.54 Å². The Morgan fingerprint density at radius 3 is 2.79 bits per heavy atom. The molecule has 1 atom stereocenters. The first-order valence-electron chi connectivity index (χ1n) is 8.70. The fraction of sp³-hybridized carbons (Fsp3) is 0.333. The number of rotatable bonds is 3. The Morgan fingerprint density at radius 2 is 2.00 bits per heavy atom. The zero-order chi connectivity index (χ0) is 16.5. The van der Waals surface area contributed by atoms with Crippen molar-refractivity contribution in [1.29, 1.82) is 0 Å². The zero-order valence-electron chi connectivity index (χ0n) is 14.4. The van der Waals surface area contributed by atoms with E-state index in [9.17, 15) is 0 Å². The van der Waals surface area contributed by atoms with Gasteiger partial charge in [0.1, 0.15) is 0 Å². The predicted octanol–water partition coefficient (Wildman–Crippen LogP) is 4.69. The maximum atomic E-state index is 5.29. The molecule has 0 saturated carbocycles. The molecule has 0 fully saturated rings. The monoisotopic (exact) mass is 320 g/mol. The third-order valence-corrected chi connectivity index (χ3v) is 5.17. The first-order chi connectivity index (χ1) is 11.7. The van der Waals surface area contributed by atoms with Gasteiger partial charge in [-0.15, -0.1) is 0 Å². The van der Waals surface area contributed by atoms with Gasteiger partial charge in [0.25, 0.3) is 0 Å². The average Bonchev–Trinajstić information content (AvgIpc) is 3.21. The first-order valence-corrected chi connectivity index (χ1v) is 8.70. The largest absolute Gasteiger partial charge is 0.472 e. The molecule has 2 aromatic heterocycles. The molecule has 4 rings (SSSR count). The summed E-state index contributed by atoms with van der Waals surface area (Å²) in [4.78, 5) is 2.58. The Hall–Kier alpha value is -2.26. The van der Waals surface area contributed by atoms with Crippen molar-refractivity contribution < 1.29 is 4.42 Å². The van der Waals surface area contributed by atoms with Crippen LogP contribution in [0.2, 0.25) is 0 Å². The maximum absolute atomic E-state index is 5.29. The number of benzene rings is 1. The van der Waals surface area contributed by atoms with E-state index in [0.29, 0.717) is 0 Å². The predicted molar refractivity (Wildman–Crippen MR) is 95.9 cm³/mol. The van der Waals surface area contributed by atoms with E-state index in [-0.39, 0.29) is 6.04 Å². The summed E-state index contributed by atoms with van der Waals surface area (Å²) in [5.74, 6) is 0. The summed E-state index contributed by atoms with van der Waals surface area (Å²) in [6.45, 7) is 7.47. The van der Waals surface area contributed by atoms with Gasteiger partial charge in [-0.05, 0) is 55.2 Å². The van der Waals surface area contributed by atoms with Crippen LogP contribution in [0.15, 0.2) is 59.5 Å². The molecule has 0 amide bonds. The van der Waals surface area contributed by atoms with Crippen LogP contribution >= 0.6 is 0 Å². The molecule has 1 aliphatic rings. The second-order valence-electron chi connectivity index (χ2n) is 6.83. The third-order valence-electron chi connectivity index (χ3n) is 5.17. The van der Waals surface area contributed by atoms with Crippen molar-refractivity contribution in [3.05, 3.63) is 83.1 Å². The topological polar surface area (TPSA) is 21.3 Å². The van der Waals surface area contributed by atoms with E-state index in [1.165, 1.54) is 34.4 Å². The maximum Gasteiger partial charge on any atom is 0.0947 e. The van der Waals surface area contributed by atoms with Gasteiger partial charge in [0.2, 0.25) is 0 Å². The highest BCUT2D eigenvalue weighted by molar-refractivity contribution is 5.36. The van der Waals surface area contributed by atoms with Gasteiger partial charge in [-0.1, -0.05) is 18.2 Å². The highest BCUT2D eigenvalue weighted by Gasteiger charge is 2.27. The summed E-state index contributed by atoms with van der Waals surface area (Å²) < 4.78 is 7.70. The number of nitrogens with zero attached hydrogens (tertiary/aromatic N) is 2. The van der Waals surface area contributed by atoms with Gasteiger partial charge >= 0.3 is 0 Å². The Balaban J connectivity index is 1.77. The van der Waals surface area contributed by atoms with Gasteiger partial charge in [0, 0.05) is 37.1 Å². The van der Waals surface area contributed by atoms with Crippen molar-refractivity contribution in [2.24, 2.45) is 0 Å². The smallest absolute Gasteiger partial charge is 0.0947 e. The summed E-state index contributed by atoms with van der Waals surface area (Å²) in [5.41, 5.74) is 6.72. The Kier molecular flexibility index (Phi) is 4.03. The summed E-state index contributed by atoms with van der Waals surface area (Å²) in [7, 11) is 0. The molecule has 0 saturated heterocycles. The summed E-state index contributed by atoms with van der Waals surface area (Å²) >= 11 is 0. The number of aromatic nitrogens is 1. The van der Waals surface area contributed by atoms with Crippen LogP contribution in [0, 0.1) is 13.8 Å². The molecule has 24 heavy (non-hydrogen) atoms. The SMILES string of the molecule is Cc1ccc(C2c3cccn3CCCN2Cc2ccoc2)cc1C. The van der Waals surface area contributed by atoms with Gasteiger partial charge in [0.05, 0.1) is 18.6 Å². The van der Waals surface area contributed by atoms with Gasteiger partial charge in [-0.25, -0.2) is 0 Å². The molecule has 124 valence electrons. The number of fused-ring (bicyclic) bond motifs is 1. The van der Waals surface area contributed by atoms with Crippen molar-refractivity contribution in [2.45, 2.75) is 39.4 Å². The molecule has 3 aromatic rings. The molecule has 0 radical (unpaired) electrons. The lowest BCUT2D eigenvalue weighted by atomic mass is 9.97. The normalized spacial score (nSPS) is 18.3. The molecular formula is C21H24N2O. The van der Waals surface area contributed by atoms with E-state index < -0.39 is 0 Å². The molecule has 1 aliphatic heterocycles. The molecule has 3 heteroatoms. The van der Waals surface area contributed by atoms with E-state index in [2.05, 4.69) is 65.9 Å². The van der Waals surface area contributed by atoms with Crippen molar-refractivity contribution in [3.8, 4) is 0 Å². The van der Waals surface area contributed by atoms with Gasteiger partial charge < -0.3 is 8.98 Å².